The highest BCUT2D eigenvalue weighted by molar-refractivity contribution is 6.03. The van der Waals surface area contributed by atoms with E-state index >= 15 is 0 Å². The van der Waals surface area contributed by atoms with Crippen molar-refractivity contribution >= 4 is 71.5 Å². The number of nitrogens with zero attached hydrogens (tertiary/aromatic N) is 1. The molecule has 0 radical (unpaired) electrons. The predicted octanol–water partition coefficient (Wildman–Crippen LogP) is 4.73. The maximum Gasteiger partial charge on any atom is 0.303 e. The number of esters is 1. The average molecular weight is 1080 g/mol. The van der Waals surface area contributed by atoms with Crippen LogP contribution in [0.25, 0.3) is 0 Å². The molecule has 0 bridgehead atoms. The topological polar surface area (TPSA) is 303 Å². The van der Waals surface area contributed by atoms with E-state index in [1.165, 1.54) is 19.8 Å². The van der Waals surface area contributed by atoms with Crippen LogP contribution in [0, 0.1) is 11.8 Å². The fourth-order valence-corrected chi connectivity index (χ4v) is 5.65. The van der Waals surface area contributed by atoms with Gasteiger partial charge in [-0.2, -0.15) is 0 Å². The third kappa shape index (κ3) is 45.3. The highest BCUT2D eigenvalue weighted by atomic mass is 16.5. The van der Waals surface area contributed by atoms with Crippen LogP contribution in [0.2, 0.25) is 0 Å². The lowest BCUT2D eigenvalue weighted by atomic mass is 9.97. The van der Waals surface area contributed by atoms with Crippen LogP contribution < -0.4 is 37.2 Å². The minimum absolute atomic E-state index is 0.00207. The molecule has 1 aromatic rings. The number of ether oxygens (including phenoxy) is 3. The number of rotatable bonds is 30. The quantitative estimate of drug-likeness (QED) is 0.0237. The zero-order chi connectivity index (χ0) is 59.4. The maximum atomic E-state index is 12.8. The number of nitrogens with one attached hydrogen (secondary N) is 7. The second-order valence-corrected chi connectivity index (χ2v) is 16.8. The smallest absolute Gasteiger partial charge is 0.303 e. The Morgan fingerprint density at radius 2 is 1.30 bits per heavy atom. The van der Waals surface area contributed by atoms with Crippen molar-refractivity contribution in [1.82, 2.24) is 36.8 Å². The normalized spacial score (nSPS) is 12.6. The molecular formula is C54H98N8O14. The van der Waals surface area contributed by atoms with Gasteiger partial charge >= 0.3 is 5.97 Å². The van der Waals surface area contributed by atoms with Crippen LogP contribution in [0.15, 0.2) is 24.3 Å². The summed E-state index contributed by atoms with van der Waals surface area (Å²) in [4.78, 5) is 128. The van der Waals surface area contributed by atoms with Crippen molar-refractivity contribution in [2.24, 2.45) is 11.8 Å². The molecule has 8 amide bonds. The molecule has 1 aliphatic heterocycles. The number of benzene rings is 1. The monoisotopic (exact) mass is 1080 g/mol. The van der Waals surface area contributed by atoms with Crippen molar-refractivity contribution in [3.63, 3.8) is 0 Å². The van der Waals surface area contributed by atoms with E-state index in [2.05, 4.69) is 64.9 Å². The van der Waals surface area contributed by atoms with Gasteiger partial charge in [0.1, 0.15) is 18.5 Å². The van der Waals surface area contributed by atoms with Crippen LogP contribution in [0.4, 0.5) is 5.69 Å². The number of hydrogen-bond donors (Lipinski definition) is 7. The number of imide groups is 1. The summed E-state index contributed by atoms with van der Waals surface area (Å²) in [5.41, 5.74) is 1.14. The number of ketones is 2. The van der Waals surface area contributed by atoms with Crippen molar-refractivity contribution < 1.29 is 67.0 Å². The predicted molar refractivity (Wildman–Crippen MR) is 296 cm³/mol. The van der Waals surface area contributed by atoms with Crippen molar-refractivity contribution in [3.8, 4) is 0 Å². The maximum absolute atomic E-state index is 12.8. The molecule has 1 saturated heterocycles. The molecule has 0 spiro atoms. The molecule has 1 aromatic carbocycles. The summed E-state index contributed by atoms with van der Waals surface area (Å²) in [6.45, 7) is 29.2. The van der Waals surface area contributed by atoms with E-state index in [0.717, 1.165) is 4.90 Å². The molecule has 1 aliphatic rings. The summed E-state index contributed by atoms with van der Waals surface area (Å²) in [7, 11) is 1.77. The molecule has 0 aliphatic carbocycles. The van der Waals surface area contributed by atoms with Crippen molar-refractivity contribution in [2.45, 2.75) is 167 Å². The molecule has 0 aromatic heterocycles. The molecule has 3 atom stereocenters. The minimum atomic E-state index is -0.922. The largest absolute Gasteiger partial charge is 0.456 e. The molecule has 76 heavy (non-hydrogen) atoms. The van der Waals surface area contributed by atoms with E-state index in [1.54, 1.807) is 52.1 Å². The van der Waals surface area contributed by atoms with Crippen molar-refractivity contribution in [3.05, 3.63) is 29.8 Å². The first-order valence-electron chi connectivity index (χ1n) is 26.6. The number of Topliss-reactive ketones (excluding diaryl/α,β-unsaturated/α-hetero) is 2. The van der Waals surface area contributed by atoms with E-state index in [-0.39, 0.29) is 125 Å². The summed E-state index contributed by atoms with van der Waals surface area (Å²) in [6.07, 6.45) is 3.51. The van der Waals surface area contributed by atoms with Gasteiger partial charge in [-0.3, -0.25) is 57.6 Å². The van der Waals surface area contributed by atoms with Gasteiger partial charge in [0.15, 0.2) is 5.78 Å². The van der Waals surface area contributed by atoms with Crippen LogP contribution in [0.3, 0.4) is 0 Å². The van der Waals surface area contributed by atoms with Gasteiger partial charge in [0, 0.05) is 69.3 Å². The number of carbonyl (C=O) groups is 11. The van der Waals surface area contributed by atoms with E-state index in [4.69, 9.17) is 14.2 Å². The standard InChI is InChI=1S/C33H47N5O11.C6H12N2O2.C5H11NO.2C3H8.2C2H6/c1-21(2)32(45)26(9-10-28(41)35-18-27(49-23(4)40)24-5-7-25(8-6-24)36-20-39)37-30(43)19-48-16-15-47-14-12-34-29(42)11-13-38-31(44)17-22(3)33(38)46;1-5(2)8-6(10)3-7-4-9;1-3-5(7)4-6-2;2*1-3-2;2*1-2/h5-8,20-22,26-27H,9-19H2,1-4H3,(H,34,42)(H,35,41)(H,36,39)(H,37,43);4-5H,3H2,1-2H3,(H,7,9)(H,8,10);6H,3-4H2,1-2H3;2*3H2,1-2H3;2*1-2H3. The number of likely N-dealkylation sites (N-methyl/N-ethyl adjacent to an activating group) is 1. The first kappa shape index (κ1) is 78.8. The highest BCUT2D eigenvalue weighted by Crippen LogP contribution is 2.20. The zero-order valence-corrected chi connectivity index (χ0v) is 48.8. The molecule has 438 valence electrons. The van der Waals surface area contributed by atoms with Gasteiger partial charge in [0.05, 0.1) is 45.5 Å². The third-order valence-electron chi connectivity index (χ3n) is 8.98. The SMILES string of the molecule is CC.CC.CC(=O)OC(CNC(=O)CCC(NC(=O)COCCOCCNC(=O)CCN1C(=O)CC(C)C1=O)C(=O)C(C)C)c1ccc(NC=O)cc1.CC(C)NC(=O)CNC=O.CCC.CCC.CCC(=O)CNC. The molecule has 3 unspecified atom stereocenters. The second-order valence-electron chi connectivity index (χ2n) is 16.8. The molecule has 1 heterocycles. The fourth-order valence-electron chi connectivity index (χ4n) is 5.65. The molecule has 0 saturated carbocycles. The van der Waals surface area contributed by atoms with Crippen LogP contribution in [-0.4, -0.2) is 149 Å². The number of likely N-dealkylation sites (tertiary alicyclic amines) is 1. The molecular weight excluding hydrogens is 985 g/mol. The first-order chi connectivity index (χ1) is 36.1. The number of carbonyl (C=O) groups excluding carboxylic acids is 11. The lowest BCUT2D eigenvalue weighted by Gasteiger charge is -2.21. The summed E-state index contributed by atoms with van der Waals surface area (Å²) >= 11 is 0. The molecule has 1 fully saturated rings. The zero-order valence-electron chi connectivity index (χ0n) is 48.8. The minimum Gasteiger partial charge on any atom is -0.456 e. The van der Waals surface area contributed by atoms with Gasteiger partial charge in [0.25, 0.3) is 0 Å². The van der Waals surface area contributed by atoms with E-state index in [1.807, 2.05) is 48.5 Å². The number of hydrogen-bond acceptors (Lipinski definition) is 15. The summed E-state index contributed by atoms with van der Waals surface area (Å²) in [5, 5.41) is 18.1. The van der Waals surface area contributed by atoms with Crippen LogP contribution in [-0.2, 0) is 67.0 Å². The Balaban J connectivity index is -0.000000510. The van der Waals surface area contributed by atoms with Gasteiger partial charge in [-0.05, 0) is 45.0 Å². The van der Waals surface area contributed by atoms with Crippen LogP contribution in [0.5, 0.6) is 0 Å². The Kier molecular flexibility index (Phi) is 55.6. The van der Waals surface area contributed by atoms with Gasteiger partial charge in [-0.25, -0.2) is 0 Å². The van der Waals surface area contributed by atoms with Crippen molar-refractivity contribution in [1.29, 1.82) is 0 Å². The van der Waals surface area contributed by atoms with Gasteiger partial charge in [-0.1, -0.05) is 108 Å². The molecule has 22 heteroatoms. The summed E-state index contributed by atoms with van der Waals surface area (Å²) < 4.78 is 16.0. The van der Waals surface area contributed by atoms with E-state index in [9.17, 15) is 52.7 Å². The lowest BCUT2D eigenvalue weighted by Crippen LogP contribution is -2.45. The highest BCUT2D eigenvalue weighted by Gasteiger charge is 2.35. The Labute approximate surface area is 454 Å². The Morgan fingerprint density at radius 3 is 1.76 bits per heavy atom. The Hall–Kier alpha value is -6.13. The summed E-state index contributed by atoms with van der Waals surface area (Å²) in [5.74, 6) is -3.26. The average Bonchev–Trinajstić information content (AvgIpc) is 3.63. The lowest BCUT2D eigenvalue weighted by molar-refractivity contribution is -0.147. The molecule has 7 N–H and O–H groups in total. The van der Waals surface area contributed by atoms with E-state index in [0.29, 0.717) is 37.0 Å². The van der Waals surface area contributed by atoms with Crippen molar-refractivity contribution in [2.75, 3.05) is 71.5 Å². The third-order valence-corrected chi connectivity index (χ3v) is 8.98. The van der Waals surface area contributed by atoms with Crippen LogP contribution in [0.1, 0.15) is 160 Å². The number of anilines is 1. The Bertz CT molecular complexity index is 1760. The Morgan fingerprint density at radius 1 is 0.737 bits per heavy atom. The second kappa shape index (κ2) is 53.7. The summed E-state index contributed by atoms with van der Waals surface area (Å²) in [6, 6.07) is 5.77. The molecule has 2 rings (SSSR count). The van der Waals surface area contributed by atoms with Gasteiger partial charge < -0.3 is 51.4 Å². The first-order valence-corrected chi connectivity index (χ1v) is 26.6. The van der Waals surface area contributed by atoms with Gasteiger partial charge in [-0.15, -0.1) is 0 Å². The van der Waals surface area contributed by atoms with E-state index < -0.39 is 35.8 Å². The van der Waals surface area contributed by atoms with Crippen LogP contribution >= 0.6 is 0 Å². The number of amides is 8. The molecule has 22 nitrogen and oxygen atoms in total. The fraction of sp³-hybridized carbons (Fsp3) is 0.685. The van der Waals surface area contributed by atoms with Gasteiger partial charge in [0.2, 0.25) is 48.3 Å².